The lowest BCUT2D eigenvalue weighted by molar-refractivity contribution is 0.153. The van der Waals surface area contributed by atoms with Crippen LogP contribution in [-0.4, -0.2) is 62.0 Å². The molecule has 0 aliphatic carbocycles. The van der Waals surface area contributed by atoms with E-state index in [2.05, 4.69) is 10.3 Å². The molecule has 1 aliphatic heterocycles. The van der Waals surface area contributed by atoms with Gasteiger partial charge in [0.2, 0.25) is 10.0 Å². The number of carbonyl (C=O) groups excluding carboxylic acids is 1. The number of methoxy groups -OCH3 is 1. The van der Waals surface area contributed by atoms with E-state index in [-0.39, 0.29) is 10.9 Å². The van der Waals surface area contributed by atoms with Crippen molar-refractivity contribution in [2.24, 2.45) is 0 Å². The third-order valence-corrected chi connectivity index (χ3v) is 6.88. The standard InChI is InChI=1S/C21H28N4O4S/c1-29-14-13-24(17-18-7-6-10-22-16-18)21(26)23-19-8-5-9-20(15-19)30(27,28)25-11-3-2-4-12-25/h5-10,15-16H,2-4,11-14,17H2,1H3,(H,23,26). The molecule has 0 spiro atoms. The monoisotopic (exact) mass is 432 g/mol. The zero-order chi connectivity index (χ0) is 21.4. The number of amides is 2. The minimum atomic E-state index is -3.56. The van der Waals surface area contributed by atoms with Crippen LogP contribution >= 0.6 is 0 Å². The number of rotatable bonds is 8. The van der Waals surface area contributed by atoms with Gasteiger partial charge in [-0.3, -0.25) is 4.98 Å². The largest absolute Gasteiger partial charge is 0.383 e. The van der Waals surface area contributed by atoms with E-state index in [1.807, 2.05) is 12.1 Å². The van der Waals surface area contributed by atoms with Crippen LogP contribution in [0.25, 0.3) is 0 Å². The van der Waals surface area contributed by atoms with Gasteiger partial charge in [-0.25, -0.2) is 13.2 Å². The average Bonchev–Trinajstić information content (AvgIpc) is 2.78. The first-order valence-electron chi connectivity index (χ1n) is 10.0. The lowest BCUT2D eigenvalue weighted by Gasteiger charge is -2.26. The summed E-state index contributed by atoms with van der Waals surface area (Å²) in [6, 6.07) is 9.79. The Hall–Kier alpha value is -2.49. The minimum Gasteiger partial charge on any atom is -0.383 e. The molecule has 1 fully saturated rings. The molecular weight excluding hydrogens is 404 g/mol. The first kappa shape index (κ1) is 22.2. The van der Waals surface area contributed by atoms with Crippen molar-refractivity contribution in [1.29, 1.82) is 0 Å². The summed E-state index contributed by atoms with van der Waals surface area (Å²) in [5.41, 5.74) is 1.33. The number of pyridine rings is 1. The number of ether oxygens (including phenoxy) is 1. The second-order valence-corrected chi connectivity index (χ2v) is 9.14. The van der Waals surface area contributed by atoms with Crippen molar-refractivity contribution in [3.8, 4) is 0 Å². The van der Waals surface area contributed by atoms with Gasteiger partial charge in [0.15, 0.2) is 0 Å². The number of hydrogen-bond donors (Lipinski definition) is 1. The maximum atomic E-state index is 12.9. The molecule has 1 saturated heterocycles. The van der Waals surface area contributed by atoms with Crippen LogP contribution in [0, 0.1) is 0 Å². The Bertz CT molecular complexity index is 931. The summed E-state index contributed by atoms with van der Waals surface area (Å²) in [7, 11) is -1.98. The van der Waals surface area contributed by atoms with Crippen LogP contribution < -0.4 is 5.32 Å². The molecule has 1 aromatic heterocycles. The lowest BCUT2D eigenvalue weighted by Crippen LogP contribution is -2.37. The van der Waals surface area contributed by atoms with Gasteiger partial charge in [0, 0.05) is 51.4 Å². The molecule has 30 heavy (non-hydrogen) atoms. The number of nitrogens with zero attached hydrogens (tertiary/aromatic N) is 3. The predicted molar refractivity (Wildman–Crippen MR) is 115 cm³/mol. The van der Waals surface area contributed by atoms with Crippen molar-refractivity contribution in [1.82, 2.24) is 14.2 Å². The molecule has 162 valence electrons. The van der Waals surface area contributed by atoms with Gasteiger partial charge in [-0.15, -0.1) is 0 Å². The number of piperidine rings is 1. The molecular formula is C21H28N4O4S. The van der Waals surface area contributed by atoms with E-state index in [4.69, 9.17) is 4.74 Å². The Morgan fingerprint density at radius 1 is 1.20 bits per heavy atom. The van der Waals surface area contributed by atoms with Crippen LogP contribution in [0.3, 0.4) is 0 Å². The van der Waals surface area contributed by atoms with Crippen molar-refractivity contribution in [3.05, 3.63) is 54.4 Å². The van der Waals surface area contributed by atoms with Crippen molar-refractivity contribution in [3.63, 3.8) is 0 Å². The molecule has 8 nitrogen and oxygen atoms in total. The van der Waals surface area contributed by atoms with Gasteiger partial charge in [-0.05, 0) is 42.7 Å². The Balaban J connectivity index is 1.73. The normalized spacial score (nSPS) is 15.0. The smallest absolute Gasteiger partial charge is 0.322 e. The molecule has 2 heterocycles. The summed E-state index contributed by atoms with van der Waals surface area (Å²) < 4.78 is 32.5. The van der Waals surface area contributed by atoms with Crippen LogP contribution in [0.2, 0.25) is 0 Å². The fourth-order valence-corrected chi connectivity index (χ4v) is 4.92. The van der Waals surface area contributed by atoms with Gasteiger partial charge >= 0.3 is 6.03 Å². The topological polar surface area (TPSA) is 91.8 Å². The summed E-state index contributed by atoms with van der Waals surface area (Å²) >= 11 is 0. The molecule has 0 bridgehead atoms. The summed E-state index contributed by atoms with van der Waals surface area (Å²) in [4.78, 5) is 18.7. The van der Waals surface area contributed by atoms with Gasteiger partial charge in [0.25, 0.3) is 0 Å². The van der Waals surface area contributed by atoms with Crippen molar-refractivity contribution < 1.29 is 17.9 Å². The zero-order valence-electron chi connectivity index (χ0n) is 17.2. The van der Waals surface area contributed by atoms with Gasteiger partial charge in [0.05, 0.1) is 11.5 Å². The number of sulfonamides is 1. The average molecular weight is 433 g/mol. The molecule has 2 amide bonds. The highest BCUT2D eigenvalue weighted by Crippen LogP contribution is 2.23. The summed E-state index contributed by atoms with van der Waals surface area (Å²) in [6.45, 7) is 2.22. The molecule has 0 radical (unpaired) electrons. The zero-order valence-corrected chi connectivity index (χ0v) is 18.0. The highest BCUT2D eigenvalue weighted by molar-refractivity contribution is 7.89. The van der Waals surface area contributed by atoms with E-state index in [1.165, 1.54) is 10.4 Å². The predicted octanol–water partition coefficient (Wildman–Crippen LogP) is 2.94. The molecule has 0 unspecified atom stereocenters. The SMILES string of the molecule is COCCN(Cc1cccnc1)C(=O)Nc1cccc(S(=O)(=O)N2CCCCC2)c1. The second-order valence-electron chi connectivity index (χ2n) is 7.20. The van der Waals surface area contributed by atoms with E-state index in [0.717, 1.165) is 24.8 Å². The number of carbonyl (C=O) groups is 1. The van der Waals surface area contributed by atoms with Crippen molar-refractivity contribution >= 4 is 21.7 Å². The fraction of sp³-hybridized carbons (Fsp3) is 0.429. The number of hydrogen-bond acceptors (Lipinski definition) is 5. The lowest BCUT2D eigenvalue weighted by atomic mass is 10.2. The first-order valence-corrected chi connectivity index (χ1v) is 11.5. The molecule has 1 N–H and O–H groups in total. The molecule has 1 aromatic carbocycles. The first-order chi connectivity index (χ1) is 14.5. The van der Waals surface area contributed by atoms with E-state index in [9.17, 15) is 13.2 Å². The number of benzene rings is 1. The van der Waals surface area contributed by atoms with E-state index < -0.39 is 10.0 Å². The van der Waals surface area contributed by atoms with E-state index in [1.54, 1.807) is 42.6 Å². The molecule has 0 atom stereocenters. The molecule has 3 rings (SSSR count). The third-order valence-electron chi connectivity index (χ3n) is 4.99. The van der Waals surface area contributed by atoms with Crippen molar-refractivity contribution in [2.45, 2.75) is 30.7 Å². The van der Waals surface area contributed by atoms with Gasteiger partial charge < -0.3 is 15.0 Å². The van der Waals surface area contributed by atoms with Crippen LogP contribution in [0.15, 0.2) is 53.7 Å². The Morgan fingerprint density at radius 2 is 2.00 bits per heavy atom. The van der Waals surface area contributed by atoms with Gasteiger partial charge in [-0.1, -0.05) is 18.6 Å². The fourth-order valence-electron chi connectivity index (χ4n) is 3.36. The molecule has 2 aromatic rings. The summed E-state index contributed by atoms with van der Waals surface area (Å²) in [5, 5.41) is 2.81. The molecule has 1 aliphatic rings. The molecule has 9 heteroatoms. The Kier molecular flexibility index (Phi) is 7.78. The molecule has 0 saturated carbocycles. The number of nitrogens with one attached hydrogen (secondary N) is 1. The van der Waals surface area contributed by atoms with Crippen LogP contribution in [0.1, 0.15) is 24.8 Å². The number of anilines is 1. The van der Waals surface area contributed by atoms with E-state index >= 15 is 0 Å². The van der Waals surface area contributed by atoms with Gasteiger partial charge in [0.1, 0.15) is 0 Å². The summed E-state index contributed by atoms with van der Waals surface area (Å²) in [6.07, 6.45) is 6.18. The van der Waals surface area contributed by atoms with E-state index in [0.29, 0.717) is 38.5 Å². The van der Waals surface area contributed by atoms with Crippen LogP contribution in [0.5, 0.6) is 0 Å². The highest BCUT2D eigenvalue weighted by atomic mass is 32.2. The number of aromatic nitrogens is 1. The quantitative estimate of drug-likeness (QED) is 0.692. The maximum absolute atomic E-state index is 12.9. The second kappa shape index (κ2) is 10.5. The third kappa shape index (κ3) is 5.78. The van der Waals surface area contributed by atoms with Crippen LogP contribution in [0.4, 0.5) is 10.5 Å². The maximum Gasteiger partial charge on any atom is 0.322 e. The highest BCUT2D eigenvalue weighted by Gasteiger charge is 2.26. The Labute approximate surface area is 177 Å². The summed E-state index contributed by atoms with van der Waals surface area (Å²) in [5.74, 6) is 0. The van der Waals surface area contributed by atoms with Crippen LogP contribution in [-0.2, 0) is 21.3 Å². The minimum absolute atomic E-state index is 0.193. The van der Waals surface area contributed by atoms with Gasteiger partial charge in [-0.2, -0.15) is 4.31 Å². The number of urea groups is 1. The Morgan fingerprint density at radius 3 is 2.70 bits per heavy atom. The van der Waals surface area contributed by atoms with Crippen molar-refractivity contribution in [2.75, 3.05) is 38.7 Å².